The third-order valence-electron chi connectivity index (χ3n) is 2.70. The van der Waals surface area contributed by atoms with E-state index in [1.807, 2.05) is 13.8 Å². The molecule has 0 bridgehead atoms. The molecule has 0 aromatic rings. The maximum Gasteiger partial charge on any atom is 0.309 e. The molecule has 2 unspecified atom stereocenters. The molecular formula is C8H14O3. The molecule has 1 N–H and O–H groups in total. The van der Waals surface area contributed by atoms with Crippen molar-refractivity contribution < 1.29 is 14.6 Å². The smallest absolute Gasteiger partial charge is 0.309 e. The number of rotatable bonds is 2. The van der Waals surface area contributed by atoms with Crippen molar-refractivity contribution in [3.8, 4) is 0 Å². The second-order valence-electron chi connectivity index (χ2n) is 3.61. The van der Waals surface area contributed by atoms with Gasteiger partial charge in [-0.25, -0.2) is 0 Å². The zero-order valence-electron chi connectivity index (χ0n) is 7.13. The van der Waals surface area contributed by atoms with E-state index in [-0.39, 0.29) is 29.8 Å². The molecule has 1 saturated carbocycles. The van der Waals surface area contributed by atoms with Gasteiger partial charge >= 0.3 is 5.97 Å². The summed E-state index contributed by atoms with van der Waals surface area (Å²) in [6.07, 6.45) is 0. The van der Waals surface area contributed by atoms with E-state index in [4.69, 9.17) is 5.11 Å². The molecule has 3 nitrogen and oxygen atoms in total. The lowest BCUT2D eigenvalue weighted by atomic mass is 10.1. The molecule has 64 valence electrons. The summed E-state index contributed by atoms with van der Waals surface area (Å²) in [6.45, 7) is 4.01. The van der Waals surface area contributed by atoms with Crippen molar-refractivity contribution in [2.24, 2.45) is 17.3 Å². The highest BCUT2D eigenvalue weighted by atomic mass is 16.5. The van der Waals surface area contributed by atoms with Gasteiger partial charge in [-0.3, -0.25) is 4.79 Å². The first-order valence-corrected chi connectivity index (χ1v) is 3.74. The summed E-state index contributed by atoms with van der Waals surface area (Å²) in [6, 6.07) is 0. The number of aliphatic hydroxyl groups excluding tert-OH is 1. The summed E-state index contributed by atoms with van der Waals surface area (Å²) >= 11 is 0. The van der Waals surface area contributed by atoms with E-state index in [0.717, 1.165) is 0 Å². The molecule has 11 heavy (non-hydrogen) atoms. The Kier molecular flexibility index (Phi) is 1.92. The number of methoxy groups -OCH3 is 1. The van der Waals surface area contributed by atoms with Crippen LogP contribution in [0.4, 0.5) is 0 Å². The Balaban J connectivity index is 2.58. The minimum absolute atomic E-state index is 0.0676. The average Bonchev–Trinajstić information content (AvgIpc) is 2.51. The van der Waals surface area contributed by atoms with E-state index in [0.29, 0.717) is 0 Å². The number of carbonyl (C=O) groups excluding carboxylic acids is 1. The molecule has 0 radical (unpaired) electrons. The standard InChI is InChI=1S/C8H14O3/c1-8(2)5(4-9)6(8)7(10)11-3/h5-6,9H,4H2,1-3H3. The van der Waals surface area contributed by atoms with Gasteiger partial charge in [0.2, 0.25) is 0 Å². The Bertz CT molecular complexity index is 174. The first-order valence-electron chi connectivity index (χ1n) is 3.74. The second-order valence-corrected chi connectivity index (χ2v) is 3.61. The summed E-state index contributed by atoms with van der Waals surface area (Å²) in [4.78, 5) is 11.0. The number of carbonyl (C=O) groups is 1. The van der Waals surface area contributed by atoms with Crippen LogP contribution in [-0.4, -0.2) is 24.8 Å². The van der Waals surface area contributed by atoms with Gasteiger partial charge in [-0.05, 0) is 5.41 Å². The molecule has 0 spiro atoms. The molecule has 0 amide bonds. The fourth-order valence-electron chi connectivity index (χ4n) is 1.68. The van der Waals surface area contributed by atoms with E-state index >= 15 is 0 Å². The molecule has 0 aromatic carbocycles. The number of hydrogen-bond acceptors (Lipinski definition) is 3. The summed E-state index contributed by atoms with van der Waals surface area (Å²) in [5.74, 6) is -0.207. The summed E-state index contributed by atoms with van der Waals surface area (Å²) in [5, 5.41) is 8.85. The van der Waals surface area contributed by atoms with Gasteiger partial charge in [-0.2, -0.15) is 0 Å². The van der Waals surface area contributed by atoms with Gasteiger partial charge in [0.15, 0.2) is 0 Å². The van der Waals surface area contributed by atoms with Gasteiger partial charge in [0.05, 0.1) is 13.0 Å². The number of ether oxygens (including phenoxy) is 1. The summed E-state index contributed by atoms with van der Waals surface area (Å²) < 4.78 is 4.59. The van der Waals surface area contributed by atoms with E-state index < -0.39 is 0 Å². The highest BCUT2D eigenvalue weighted by molar-refractivity contribution is 5.77. The van der Waals surface area contributed by atoms with Crippen molar-refractivity contribution in [3.63, 3.8) is 0 Å². The van der Waals surface area contributed by atoms with Gasteiger partial charge in [0.25, 0.3) is 0 Å². The molecule has 0 aliphatic heterocycles. The molecule has 1 fully saturated rings. The number of hydrogen-bond donors (Lipinski definition) is 1. The Labute approximate surface area is 66.4 Å². The Morgan fingerprint density at radius 2 is 2.18 bits per heavy atom. The number of esters is 1. The van der Waals surface area contributed by atoms with E-state index in [1.54, 1.807) is 0 Å². The SMILES string of the molecule is COC(=O)C1C(CO)C1(C)C. The molecule has 1 rings (SSSR count). The first-order chi connectivity index (χ1) is 5.05. The molecule has 0 saturated heterocycles. The van der Waals surface area contributed by atoms with Crippen LogP contribution < -0.4 is 0 Å². The molecule has 1 aliphatic carbocycles. The second kappa shape index (κ2) is 2.48. The highest BCUT2D eigenvalue weighted by Crippen LogP contribution is 2.58. The fraction of sp³-hybridized carbons (Fsp3) is 0.875. The van der Waals surface area contributed by atoms with Gasteiger partial charge < -0.3 is 9.84 Å². The van der Waals surface area contributed by atoms with Crippen molar-refractivity contribution in [2.45, 2.75) is 13.8 Å². The third-order valence-corrected chi connectivity index (χ3v) is 2.70. The zero-order chi connectivity index (χ0) is 8.65. The minimum Gasteiger partial charge on any atom is -0.469 e. The van der Waals surface area contributed by atoms with Crippen molar-refractivity contribution >= 4 is 5.97 Å². The largest absolute Gasteiger partial charge is 0.469 e. The van der Waals surface area contributed by atoms with Crippen LogP contribution in [0.3, 0.4) is 0 Å². The van der Waals surface area contributed by atoms with Crippen LogP contribution in [0, 0.1) is 17.3 Å². The lowest BCUT2D eigenvalue weighted by Gasteiger charge is -1.99. The van der Waals surface area contributed by atoms with Crippen molar-refractivity contribution in [3.05, 3.63) is 0 Å². The van der Waals surface area contributed by atoms with Gasteiger partial charge in [-0.15, -0.1) is 0 Å². The van der Waals surface area contributed by atoms with Crippen molar-refractivity contribution in [2.75, 3.05) is 13.7 Å². The van der Waals surface area contributed by atoms with Crippen LogP contribution >= 0.6 is 0 Å². The Hall–Kier alpha value is -0.570. The molecule has 0 heterocycles. The van der Waals surface area contributed by atoms with Crippen LogP contribution in [-0.2, 0) is 9.53 Å². The highest BCUT2D eigenvalue weighted by Gasteiger charge is 2.62. The van der Waals surface area contributed by atoms with Crippen LogP contribution in [0.25, 0.3) is 0 Å². The molecular weight excluding hydrogens is 144 g/mol. The molecule has 2 atom stereocenters. The molecule has 3 heteroatoms. The quantitative estimate of drug-likeness (QED) is 0.592. The summed E-state index contributed by atoms with van der Waals surface area (Å²) in [7, 11) is 1.38. The van der Waals surface area contributed by atoms with Crippen LogP contribution in [0.5, 0.6) is 0 Å². The minimum atomic E-state index is -0.200. The molecule has 0 aromatic heterocycles. The van der Waals surface area contributed by atoms with Crippen LogP contribution in [0.15, 0.2) is 0 Å². The molecule has 1 aliphatic rings. The first kappa shape index (κ1) is 8.53. The predicted octanol–water partition coefficient (Wildman–Crippen LogP) is 0.424. The third kappa shape index (κ3) is 1.13. The van der Waals surface area contributed by atoms with E-state index in [9.17, 15) is 4.79 Å². The average molecular weight is 158 g/mol. The lowest BCUT2D eigenvalue weighted by molar-refractivity contribution is -0.143. The van der Waals surface area contributed by atoms with Crippen molar-refractivity contribution in [1.82, 2.24) is 0 Å². The van der Waals surface area contributed by atoms with Gasteiger partial charge in [-0.1, -0.05) is 13.8 Å². The Morgan fingerprint density at radius 3 is 2.45 bits per heavy atom. The maximum atomic E-state index is 11.0. The zero-order valence-corrected chi connectivity index (χ0v) is 7.13. The lowest BCUT2D eigenvalue weighted by Crippen LogP contribution is -2.07. The summed E-state index contributed by atoms with van der Waals surface area (Å²) in [5.41, 5.74) is -0.0676. The predicted molar refractivity (Wildman–Crippen MR) is 39.9 cm³/mol. The fourth-order valence-corrected chi connectivity index (χ4v) is 1.68. The number of aliphatic hydroxyl groups is 1. The Morgan fingerprint density at radius 1 is 1.64 bits per heavy atom. The topological polar surface area (TPSA) is 46.5 Å². The maximum absolute atomic E-state index is 11.0. The van der Waals surface area contributed by atoms with Crippen LogP contribution in [0.2, 0.25) is 0 Å². The van der Waals surface area contributed by atoms with Crippen molar-refractivity contribution in [1.29, 1.82) is 0 Å². The van der Waals surface area contributed by atoms with E-state index in [1.165, 1.54) is 7.11 Å². The normalized spacial score (nSPS) is 33.1. The monoisotopic (exact) mass is 158 g/mol. The van der Waals surface area contributed by atoms with E-state index in [2.05, 4.69) is 4.74 Å². The van der Waals surface area contributed by atoms with Crippen LogP contribution in [0.1, 0.15) is 13.8 Å². The van der Waals surface area contributed by atoms with Gasteiger partial charge in [0, 0.05) is 12.5 Å². The van der Waals surface area contributed by atoms with Gasteiger partial charge in [0.1, 0.15) is 0 Å².